The molecule has 32 heavy (non-hydrogen) atoms. The lowest BCUT2D eigenvalue weighted by atomic mass is 10.1. The number of rotatable bonds is 5. The van der Waals surface area contributed by atoms with Crippen LogP contribution in [0.5, 0.6) is 5.75 Å². The lowest BCUT2D eigenvalue weighted by Crippen LogP contribution is -2.11. The van der Waals surface area contributed by atoms with E-state index in [-0.39, 0.29) is 5.91 Å². The summed E-state index contributed by atoms with van der Waals surface area (Å²) >= 11 is 0. The van der Waals surface area contributed by atoms with Gasteiger partial charge < -0.3 is 14.6 Å². The fourth-order valence-corrected chi connectivity index (χ4v) is 3.11. The second-order valence-electron chi connectivity index (χ2n) is 7.27. The highest BCUT2D eigenvalue weighted by Gasteiger charge is 2.10. The molecule has 0 atom stereocenters. The largest absolute Gasteiger partial charge is 0.489 e. The van der Waals surface area contributed by atoms with E-state index < -0.39 is 0 Å². The first-order valence-corrected chi connectivity index (χ1v) is 10.2. The number of nitrogens with zero attached hydrogens (tertiary/aromatic N) is 1. The van der Waals surface area contributed by atoms with Crippen molar-refractivity contribution in [1.29, 1.82) is 0 Å². The third kappa shape index (κ3) is 5.24. The molecule has 4 rings (SSSR count). The topological polar surface area (TPSA) is 64.4 Å². The summed E-state index contributed by atoms with van der Waals surface area (Å²) in [5.74, 6) is 7.46. The molecule has 0 unspecified atom stereocenters. The molecule has 0 aliphatic heterocycles. The van der Waals surface area contributed by atoms with Crippen LogP contribution in [0.2, 0.25) is 0 Å². The fraction of sp³-hybridized carbons (Fsp3) is 0.111. The first-order chi connectivity index (χ1) is 15.6. The number of carbonyl (C=O) groups excluding carboxylic acids is 1. The lowest BCUT2D eigenvalue weighted by Gasteiger charge is -2.08. The third-order valence-electron chi connectivity index (χ3n) is 4.93. The van der Waals surface area contributed by atoms with Crippen molar-refractivity contribution in [2.75, 3.05) is 5.32 Å². The Hall–Kier alpha value is -4.30. The van der Waals surface area contributed by atoms with Crippen molar-refractivity contribution in [3.63, 3.8) is 0 Å². The van der Waals surface area contributed by atoms with Gasteiger partial charge in [-0.15, -0.1) is 0 Å². The van der Waals surface area contributed by atoms with Crippen LogP contribution < -0.4 is 10.1 Å². The zero-order chi connectivity index (χ0) is 22.3. The number of anilines is 1. The fourth-order valence-electron chi connectivity index (χ4n) is 3.11. The molecule has 0 spiro atoms. The van der Waals surface area contributed by atoms with Gasteiger partial charge in [-0.05, 0) is 68.4 Å². The van der Waals surface area contributed by atoms with Gasteiger partial charge in [-0.2, -0.15) is 0 Å². The van der Waals surface area contributed by atoms with E-state index in [2.05, 4.69) is 22.3 Å². The molecule has 1 heterocycles. The lowest BCUT2D eigenvalue weighted by molar-refractivity contribution is 0.102. The minimum absolute atomic E-state index is 0.199. The number of ether oxygens (including phenoxy) is 1. The first-order valence-electron chi connectivity index (χ1n) is 10.2. The van der Waals surface area contributed by atoms with Gasteiger partial charge in [-0.25, -0.2) is 0 Å². The number of benzene rings is 3. The molecular weight excluding hydrogens is 400 g/mol. The average molecular weight is 422 g/mol. The Morgan fingerprint density at radius 3 is 2.38 bits per heavy atom. The van der Waals surface area contributed by atoms with Crippen LogP contribution in [0.25, 0.3) is 0 Å². The second kappa shape index (κ2) is 9.67. The third-order valence-corrected chi connectivity index (χ3v) is 4.93. The van der Waals surface area contributed by atoms with Gasteiger partial charge in [0.05, 0.1) is 11.3 Å². The highest BCUT2D eigenvalue weighted by molar-refractivity contribution is 6.04. The molecule has 4 aromatic rings. The van der Waals surface area contributed by atoms with Crippen LogP contribution in [-0.4, -0.2) is 11.1 Å². The van der Waals surface area contributed by atoms with Crippen LogP contribution >= 0.6 is 0 Å². The molecule has 5 heteroatoms. The predicted molar refractivity (Wildman–Crippen MR) is 124 cm³/mol. The van der Waals surface area contributed by atoms with E-state index in [1.807, 2.05) is 68.4 Å². The van der Waals surface area contributed by atoms with Crippen LogP contribution in [0.3, 0.4) is 0 Å². The van der Waals surface area contributed by atoms with Crippen molar-refractivity contribution in [3.8, 4) is 17.6 Å². The minimum Gasteiger partial charge on any atom is -0.489 e. The Bertz CT molecular complexity index is 1260. The summed E-state index contributed by atoms with van der Waals surface area (Å²) in [6, 6.07) is 24.3. The van der Waals surface area contributed by atoms with Gasteiger partial charge in [-0.3, -0.25) is 4.79 Å². The molecule has 1 aromatic heterocycles. The average Bonchev–Trinajstić information content (AvgIpc) is 3.14. The first kappa shape index (κ1) is 21.0. The SMILES string of the molecule is Cc1noc(C)c1COc1ccc(C(=O)Nc2cccc(C#Cc3ccccc3)c2)cc1. The van der Waals surface area contributed by atoms with Crippen LogP contribution in [0.4, 0.5) is 5.69 Å². The Morgan fingerprint density at radius 2 is 1.66 bits per heavy atom. The molecule has 158 valence electrons. The molecule has 0 saturated heterocycles. The Labute approximate surface area is 187 Å². The summed E-state index contributed by atoms with van der Waals surface area (Å²) < 4.78 is 10.9. The predicted octanol–water partition coefficient (Wildman–Crippen LogP) is 5.52. The zero-order valence-electron chi connectivity index (χ0n) is 17.9. The van der Waals surface area contributed by atoms with Crippen LogP contribution in [0, 0.1) is 25.7 Å². The number of aromatic nitrogens is 1. The van der Waals surface area contributed by atoms with Gasteiger partial charge in [-0.1, -0.05) is 41.3 Å². The summed E-state index contributed by atoms with van der Waals surface area (Å²) in [6.45, 7) is 4.10. The van der Waals surface area contributed by atoms with E-state index in [9.17, 15) is 4.79 Å². The highest BCUT2D eigenvalue weighted by atomic mass is 16.5. The van der Waals surface area contributed by atoms with Gasteiger partial charge in [0.25, 0.3) is 5.91 Å². The summed E-state index contributed by atoms with van der Waals surface area (Å²) in [5, 5.41) is 6.84. The number of carbonyl (C=O) groups is 1. The molecule has 0 aliphatic rings. The van der Waals surface area contributed by atoms with Crippen LogP contribution in [0.15, 0.2) is 83.4 Å². The zero-order valence-corrected chi connectivity index (χ0v) is 17.9. The standard InChI is InChI=1S/C27H22N2O3/c1-19-26(20(2)32-29-19)18-31-25-15-13-23(14-16-25)27(30)28-24-10-6-9-22(17-24)12-11-21-7-4-3-5-8-21/h3-10,13-17H,18H2,1-2H3,(H,28,30). The van der Waals surface area contributed by atoms with Crippen molar-refractivity contribution in [3.05, 3.63) is 113 Å². The molecule has 0 aliphatic carbocycles. The Kier molecular flexibility index (Phi) is 6.33. The van der Waals surface area contributed by atoms with E-state index in [0.717, 1.165) is 28.1 Å². The number of hydrogen-bond donors (Lipinski definition) is 1. The molecule has 0 bridgehead atoms. The summed E-state index contributed by atoms with van der Waals surface area (Å²) in [4.78, 5) is 12.6. The van der Waals surface area contributed by atoms with E-state index in [1.54, 1.807) is 24.3 Å². The highest BCUT2D eigenvalue weighted by Crippen LogP contribution is 2.19. The molecule has 5 nitrogen and oxygen atoms in total. The normalized spacial score (nSPS) is 10.2. The Morgan fingerprint density at radius 1 is 0.938 bits per heavy atom. The molecule has 0 saturated carbocycles. The van der Waals surface area contributed by atoms with Crippen molar-refractivity contribution in [1.82, 2.24) is 5.16 Å². The molecule has 1 amide bonds. The second-order valence-corrected chi connectivity index (χ2v) is 7.27. The van der Waals surface area contributed by atoms with E-state index in [4.69, 9.17) is 9.26 Å². The maximum Gasteiger partial charge on any atom is 0.255 e. The van der Waals surface area contributed by atoms with Crippen LogP contribution in [-0.2, 0) is 6.61 Å². The maximum absolute atomic E-state index is 12.6. The van der Waals surface area contributed by atoms with Crippen molar-refractivity contribution in [2.24, 2.45) is 0 Å². The maximum atomic E-state index is 12.6. The van der Waals surface area contributed by atoms with E-state index in [0.29, 0.717) is 23.6 Å². The Balaban J connectivity index is 1.38. The van der Waals surface area contributed by atoms with E-state index >= 15 is 0 Å². The molecule has 1 N–H and O–H groups in total. The van der Waals surface area contributed by atoms with Gasteiger partial charge in [0, 0.05) is 22.4 Å². The van der Waals surface area contributed by atoms with E-state index in [1.165, 1.54) is 0 Å². The summed E-state index contributed by atoms with van der Waals surface area (Å²) in [6.07, 6.45) is 0. The van der Waals surface area contributed by atoms with Crippen molar-refractivity contribution in [2.45, 2.75) is 20.5 Å². The molecule has 0 fully saturated rings. The molecule has 0 radical (unpaired) electrons. The molecule has 3 aromatic carbocycles. The van der Waals surface area contributed by atoms with Gasteiger partial charge in [0.1, 0.15) is 18.1 Å². The smallest absolute Gasteiger partial charge is 0.255 e. The summed E-state index contributed by atoms with van der Waals surface area (Å²) in [7, 11) is 0. The van der Waals surface area contributed by atoms with Gasteiger partial charge >= 0.3 is 0 Å². The number of nitrogens with one attached hydrogen (secondary N) is 1. The monoisotopic (exact) mass is 422 g/mol. The number of amides is 1. The molecular formula is C27H22N2O3. The van der Waals surface area contributed by atoms with Crippen molar-refractivity contribution >= 4 is 11.6 Å². The number of aryl methyl sites for hydroxylation is 2. The van der Waals surface area contributed by atoms with Crippen molar-refractivity contribution < 1.29 is 14.1 Å². The quantitative estimate of drug-likeness (QED) is 0.430. The van der Waals surface area contributed by atoms with Crippen LogP contribution in [0.1, 0.15) is 38.5 Å². The van der Waals surface area contributed by atoms with Gasteiger partial charge in [0.2, 0.25) is 0 Å². The van der Waals surface area contributed by atoms with Gasteiger partial charge in [0.15, 0.2) is 0 Å². The minimum atomic E-state index is -0.199. The number of hydrogen-bond acceptors (Lipinski definition) is 4. The summed E-state index contributed by atoms with van der Waals surface area (Å²) in [5.41, 5.74) is 4.74.